The van der Waals surface area contributed by atoms with Gasteiger partial charge in [0.2, 0.25) is 5.88 Å². The van der Waals surface area contributed by atoms with E-state index in [1.165, 1.54) is 0 Å². The van der Waals surface area contributed by atoms with Crippen molar-refractivity contribution in [2.24, 2.45) is 0 Å². The predicted molar refractivity (Wildman–Crippen MR) is 107 cm³/mol. The van der Waals surface area contributed by atoms with Crippen LogP contribution >= 0.6 is 0 Å². The van der Waals surface area contributed by atoms with Crippen LogP contribution in [0.4, 0.5) is 16.4 Å². The van der Waals surface area contributed by atoms with Crippen LogP contribution in [0.1, 0.15) is 25.5 Å². The molecule has 0 radical (unpaired) electrons. The van der Waals surface area contributed by atoms with E-state index in [1.54, 1.807) is 37.4 Å². The lowest BCUT2D eigenvalue weighted by molar-refractivity contribution is 0.261. The van der Waals surface area contributed by atoms with Crippen LogP contribution < -0.4 is 20.1 Å². The Balaban J connectivity index is 1.51. The fourth-order valence-corrected chi connectivity index (χ4v) is 2.51. The third-order valence-electron chi connectivity index (χ3n) is 3.99. The highest BCUT2D eigenvalue weighted by atomic mass is 16.5. The van der Waals surface area contributed by atoms with Gasteiger partial charge in [-0.2, -0.15) is 0 Å². The molecular weight excluding hydrogens is 358 g/mol. The van der Waals surface area contributed by atoms with E-state index in [0.717, 1.165) is 30.7 Å². The molecule has 0 atom stereocenters. The molecule has 0 bridgehead atoms. The average molecular weight is 381 g/mol. The zero-order chi connectivity index (χ0) is 19.8. The number of aryl methyl sites for hydroxylation is 1. The summed E-state index contributed by atoms with van der Waals surface area (Å²) in [7, 11) is 1.62. The van der Waals surface area contributed by atoms with Crippen LogP contribution in [0.15, 0.2) is 59.1 Å². The molecule has 7 heteroatoms. The summed E-state index contributed by atoms with van der Waals surface area (Å²) in [5.41, 5.74) is 1.46. The number of unbranched alkanes of at least 4 members (excludes halogenated alkanes) is 1. The molecule has 0 unspecified atom stereocenters. The summed E-state index contributed by atoms with van der Waals surface area (Å²) in [6.07, 6.45) is 2.94. The number of aromatic nitrogens is 1. The Morgan fingerprint density at radius 2 is 1.64 bits per heavy atom. The number of anilines is 2. The highest BCUT2D eigenvalue weighted by Crippen LogP contribution is 2.25. The van der Waals surface area contributed by atoms with Gasteiger partial charge in [-0.25, -0.2) is 4.79 Å². The van der Waals surface area contributed by atoms with Crippen molar-refractivity contribution in [2.45, 2.75) is 26.2 Å². The molecular formula is C21H23N3O4. The average Bonchev–Trinajstić information content (AvgIpc) is 3.15. The molecule has 2 N–H and O–H groups in total. The fourth-order valence-electron chi connectivity index (χ4n) is 2.51. The van der Waals surface area contributed by atoms with Crippen LogP contribution in [-0.4, -0.2) is 18.3 Å². The highest BCUT2D eigenvalue weighted by molar-refractivity contribution is 5.98. The molecule has 3 rings (SSSR count). The number of hydrogen-bond acceptors (Lipinski definition) is 5. The number of amides is 2. The Hall–Kier alpha value is -3.48. The predicted octanol–water partition coefficient (Wildman–Crippen LogP) is 5.46. The molecule has 7 nitrogen and oxygen atoms in total. The molecule has 0 aliphatic heterocycles. The largest absolute Gasteiger partial charge is 0.497 e. The first-order valence-corrected chi connectivity index (χ1v) is 9.12. The third-order valence-corrected chi connectivity index (χ3v) is 3.99. The van der Waals surface area contributed by atoms with Gasteiger partial charge in [-0.05, 0) is 61.4 Å². The number of ether oxygens (including phenoxy) is 2. The Morgan fingerprint density at radius 3 is 2.29 bits per heavy atom. The van der Waals surface area contributed by atoms with Gasteiger partial charge < -0.3 is 19.3 Å². The molecule has 1 aromatic heterocycles. The second-order valence-corrected chi connectivity index (χ2v) is 6.17. The van der Waals surface area contributed by atoms with Crippen LogP contribution in [0.5, 0.6) is 17.2 Å². The van der Waals surface area contributed by atoms with E-state index in [1.807, 2.05) is 24.3 Å². The van der Waals surface area contributed by atoms with E-state index in [2.05, 4.69) is 22.7 Å². The van der Waals surface area contributed by atoms with Gasteiger partial charge >= 0.3 is 6.03 Å². The number of rotatable bonds is 8. The molecule has 28 heavy (non-hydrogen) atoms. The summed E-state index contributed by atoms with van der Waals surface area (Å²) in [5.74, 6) is 2.44. The summed E-state index contributed by atoms with van der Waals surface area (Å²) in [4.78, 5) is 12.1. The number of benzene rings is 2. The van der Waals surface area contributed by atoms with E-state index < -0.39 is 6.03 Å². The van der Waals surface area contributed by atoms with Crippen LogP contribution in [0.2, 0.25) is 0 Å². The lowest BCUT2D eigenvalue weighted by Crippen LogP contribution is -2.18. The van der Waals surface area contributed by atoms with Crippen molar-refractivity contribution >= 4 is 17.6 Å². The van der Waals surface area contributed by atoms with Crippen LogP contribution in [0, 0.1) is 0 Å². The molecule has 2 aromatic carbocycles. The zero-order valence-electron chi connectivity index (χ0n) is 15.9. The van der Waals surface area contributed by atoms with Gasteiger partial charge in [0.25, 0.3) is 0 Å². The van der Waals surface area contributed by atoms with E-state index in [9.17, 15) is 4.79 Å². The maximum absolute atomic E-state index is 12.1. The first-order valence-electron chi connectivity index (χ1n) is 9.12. The van der Waals surface area contributed by atoms with Crippen LogP contribution in [0.3, 0.4) is 0 Å². The van der Waals surface area contributed by atoms with Gasteiger partial charge in [0.1, 0.15) is 17.2 Å². The second-order valence-electron chi connectivity index (χ2n) is 6.17. The molecule has 0 fully saturated rings. The maximum Gasteiger partial charge on any atom is 0.326 e. The maximum atomic E-state index is 12.1. The number of carbonyl (C=O) groups excluding carboxylic acids is 1. The minimum absolute atomic E-state index is 0.322. The summed E-state index contributed by atoms with van der Waals surface area (Å²) >= 11 is 0. The molecule has 146 valence electrons. The third kappa shape index (κ3) is 5.51. The van der Waals surface area contributed by atoms with E-state index in [4.69, 9.17) is 14.0 Å². The highest BCUT2D eigenvalue weighted by Gasteiger charge is 2.08. The van der Waals surface area contributed by atoms with Crippen molar-refractivity contribution in [1.82, 2.24) is 5.16 Å². The molecule has 0 saturated heterocycles. The quantitative estimate of drug-likeness (QED) is 0.541. The van der Waals surface area contributed by atoms with Gasteiger partial charge in [-0.3, -0.25) is 5.32 Å². The van der Waals surface area contributed by atoms with Crippen molar-refractivity contribution in [1.29, 1.82) is 0 Å². The molecule has 0 spiro atoms. The van der Waals surface area contributed by atoms with Crippen molar-refractivity contribution < 1.29 is 18.8 Å². The van der Waals surface area contributed by atoms with Crippen molar-refractivity contribution in [3.8, 4) is 17.2 Å². The fraction of sp³-hybridized carbons (Fsp3) is 0.238. The Labute approximate surface area is 163 Å². The number of urea groups is 1. The number of nitrogens with zero attached hydrogens (tertiary/aromatic N) is 1. The Kier molecular flexibility index (Phi) is 6.51. The Bertz CT molecular complexity index is 889. The van der Waals surface area contributed by atoms with Crippen LogP contribution in [-0.2, 0) is 6.42 Å². The van der Waals surface area contributed by atoms with Crippen molar-refractivity contribution in [3.05, 3.63) is 60.3 Å². The number of hydrogen-bond donors (Lipinski definition) is 2. The SMILES string of the molecule is CCCCc1cc(NC(=O)Nc2ccc(Oc3ccc(OC)cc3)cc2)on1. The van der Waals surface area contributed by atoms with Gasteiger partial charge in [0, 0.05) is 11.8 Å². The minimum atomic E-state index is -0.401. The molecule has 2 amide bonds. The zero-order valence-corrected chi connectivity index (χ0v) is 15.9. The van der Waals surface area contributed by atoms with E-state index in [-0.39, 0.29) is 0 Å². The standard InChI is InChI=1S/C21H23N3O4/c1-3-4-5-16-14-20(28-24-16)23-21(25)22-15-6-8-18(9-7-15)27-19-12-10-17(26-2)11-13-19/h6-14H,3-5H2,1-2H3,(H2,22,23,25). The smallest absolute Gasteiger partial charge is 0.326 e. The van der Waals surface area contributed by atoms with Crippen molar-refractivity contribution in [3.63, 3.8) is 0 Å². The number of methoxy groups -OCH3 is 1. The number of carbonyl (C=O) groups is 1. The normalized spacial score (nSPS) is 10.4. The molecule has 0 aliphatic carbocycles. The van der Waals surface area contributed by atoms with E-state index in [0.29, 0.717) is 23.1 Å². The van der Waals surface area contributed by atoms with Gasteiger partial charge in [0.05, 0.1) is 12.8 Å². The second kappa shape index (κ2) is 9.45. The summed E-state index contributed by atoms with van der Waals surface area (Å²) in [6.45, 7) is 2.11. The first-order chi connectivity index (χ1) is 13.7. The molecule has 0 saturated carbocycles. The summed E-state index contributed by atoms with van der Waals surface area (Å²) in [5, 5.41) is 9.30. The van der Waals surface area contributed by atoms with Crippen molar-refractivity contribution in [2.75, 3.05) is 17.7 Å². The molecule has 1 heterocycles. The lowest BCUT2D eigenvalue weighted by atomic mass is 10.2. The molecule has 3 aromatic rings. The van der Waals surface area contributed by atoms with E-state index >= 15 is 0 Å². The summed E-state index contributed by atoms with van der Waals surface area (Å²) < 4.78 is 16.0. The Morgan fingerprint density at radius 1 is 1.00 bits per heavy atom. The van der Waals surface area contributed by atoms with Gasteiger partial charge in [-0.15, -0.1) is 0 Å². The lowest BCUT2D eigenvalue weighted by Gasteiger charge is -2.08. The molecule has 0 aliphatic rings. The monoisotopic (exact) mass is 381 g/mol. The van der Waals surface area contributed by atoms with Crippen LogP contribution in [0.25, 0.3) is 0 Å². The topological polar surface area (TPSA) is 85.6 Å². The van der Waals surface area contributed by atoms with Gasteiger partial charge in [-0.1, -0.05) is 18.5 Å². The van der Waals surface area contributed by atoms with Gasteiger partial charge in [0.15, 0.2) is 0 Å². The number of nitrogens with one attached hydrogen (secondary N) is 2. The first kappa shape index (κ1) is 19.3. The minimum Gasteiger partial charge on any atom is -0.497 e. The summed E-state index contributed by atoms with van der Waals surface area (Å²) in [6, 6.07) is 15.7.